The molecule has 0 spiro atoms. The molecule has 5 rings (SSSR count). The Hall–Kier alpha value is -1.75. The molecule has 0 bridgehead atoms. The van der Waals surface area contributed by atoms with E-state index in [9.17, 15) is 19.8 Å². The Balaban J connectivity index is 0.00000242. The van der Waals surface area contributed by atoms with Crippen molar-refractivity contribution in [1.29, 1.82) is 0 Å². The molecule has 0 radical (unpaired) electrons. The summed E-state index contributed by atoms with van der Waals surface area (Å²) in [4.78, 5) is 27.0. The first-order chi connectivity index (χ1) is 19.4. The Kier molecular flexibility index (Phi) is 13.5. The van der Waals surface area contributed by atoms with E-state index in [0.717, 1.165) is 33.5 Å². The van der Waals surface area contributed by atoms with Crippen LogP contribution in [0.2, 0.25) is 5.02 Å². The number of thioether (sulfide) groups is 1. The summed E-state index contributed by atoms with van der Waals surface area (Å²) >= 11 is 7.79. The number of aliphatic carboxylic acids is 1. The van der Waals surface area contributed by atoms with Crippen molar-refractivity contribution in [3.8, 4) is 11.5 Å². The monoisotopic (exact) mass is 621 g/mol. The largest absolute Gasteiger partial charge is 1.00 e. The fourth-order valence-corrected chi connectivity index (χ4v) is 6.37. The number of rotatable bonds is 11. The van der Waals surface area contributed by atoms with Crippen LogP contribution in [0.3, 0.4) is 0 Å². The number of carbonyl (C=O) groups is 2. The van der Waals surface area contributed by atoms with Crippen LogP contribution in [0.25, 0.3) is 10.9 Å². The number of benzene rings is 3. The number of carboxylic acid groups (broad SMARTS) is 2. The van der Waals surface area contributed by atoms with Crippen LogP contribution in [-0.2, 0) is 17.8 Å². The molecular weight excluding hydrogens is 596 g/mol. The number of hydrogen-bond donors (Lipinski definition) is 0. The molecule has 0 aliphatic carbocycles. The van der Waals surface area contributed by atoms with Crippen LogP contribution in [0.1, 0.15) is 45.3 Å². The Bertz CT molecular complexity index is 1560. The number of ether oxygens (including phenoxy) is 2. The van der Waals surface area contributed by atoms with Crippen molar-refractivity contribution in [3.05, 3.63) is 100 Å². The Morgan fingerprint density at radius 1 is 1.02 bits per heavy atom. The predicted molar refractivity (Wildman–Crippen MR) is 150 cm³/mol. The molecule has 1 aliphatic rings. The number of nitrogens with zero attached hydrogens (tertiary/aromatic N) is 1. The van der Waals surface area contributed by atoms with Crippen molar-refractivity contribution in [1.82, 2.24) is 4.98 Å². The topological polar surface area (TPSA) is 112 Å². The van der Waals surface area contributed by atoms with Gasteiger partial charge in [-0.25, -0.2) is 4.98 Å². The predicted octanol–water partition coefficient (Wildman–Crippen LogP) is -1.61. The zero-order valence-corrected chi connectivity index (χ0v) is 29.1. The van der Waals surface area contributed by atoms with E-state index in [2.05, 4.69) is 4.98 Å². The van der Waals surface area contributed by atoms with Gasteiger partial charge in [0.05, 0.1) is 23.8 Å². The summed E-state index contributed by atoms with van der Waals surface area (Å²) in [6, 6.07) is 21.9. The minimum absolute atomic E-state index is 0. The van der Waals surface area contributed by atoms with Crippen molar-refractivity contribution < 1.29 is 88.4 Å². The minimum Gasteiger partial charge on any atom is -0.550 e. The van der Waals surface area contributed by atoms with E-state index in [1.807, 2.05) is 54.6 Å². The molecule has 0 N–H and O–H groups in total. The molecule has 2 atom stereocenters. The van der Waals surface area contributed by atoms with Crippen molar-refractivity contribution in [2.75, 3.05) is 12.4 Å². The average molecular weight is 622 g/mol. The summed E-state index contributed by atoms with van der Waals surface area (Å²) in [5, 5.41) is 23.9. The molecule has 7 nitrogen and oxygen atoms in total. The second-order valence-corrected chi connectivity index (χ2v) is 11.3. The fourth-order valence-electron chi connectivity index (χ4n) is 4.83. The van der Waals surface area contributed by atoms with E-state index in [0.29, 0.717) is 36.0 Å². The van der Waals surface area contributed by atoms with Crippen molar-refractivity contribution in [3.63, 3.8) is 0 Å². The second kappa shape index (κ2) is 16.4. The Morgan fingerprint density at radius 3 is 2.62 bits per heavy atom. The molecule has 0 saturated carbocycles. The van der Waals surface area contributed by atoms with Crippen LogP contribution in [-0.4, -0.2) is 29.3 Å². The smallest absolute Gasteiger partial charge is 0.550 e. The van der Waals surface area contributed by atoms with E-state index in [1.165, 1.54) is 6.07 Å². The summed E-state index contributed by atoms with van der Waals surface area (Å²) in [5.41, 5.74) is 3.53. The van der Waals surface area contributed by atoms with Gasteiger partial charge in [-0.05, 0) is 78.6 Å². The molecule has 0 fully saturated rings. The molecule has 2 heterocycles. The van der Waals surface area contributed by atoms with E-state index in [1.54, 1.807) is 23.9 Å². The third kappa shape index (κ3) is 9.13. The third-order valence-corrected chi connectivity index (χ3v) is 8.51. The third-order valence-electron chi connectivity index (χ3n) is 6.75. The van der Waals surface area contributed by atoms with Gasteiger partial charge in [-0.3, -0.25) is 0 Å². The van der Waals surface area contributed by atoms with Crippen molar-refractivity contribution in [2.45, 2.75) is 31.1 Å². The number of aromatic nitrogens is 1. The van der Waals surface area contributed by atoms with Crippen LogP contribution >= 0.6 is 23.4 Å². The van der Waals surface area contributed by atoms with Gasteiger partial charge in [-0.2, -0.15) is 11.8 Å². The zero-order chi connectivity index (χ0) is 28.1. The number of carbonyl (C=O) groups excluding carboxylic acids is 2. The van der Waals surface area contributed by atoms with Gasteiger partial charge in [0.15, 0.2) is 0 Å². The number of carboxylic acids is 2. The number of pyridine rings is 1. The van der Waals surface area contributed by atoms with E-state index in [-0.39, 0.29) is 88.9 Å². The SMILES string of the molecule is O=C([O-])CCCSC1c2cc(OCc3ccc4ccc(Cl)cc4n3)ccc2OCC1Cc1cccc(C(=O)[O-])c1.[Na+].[Na+]. The second-order valence-electron chi connectivity index (χ2n) is 9.66. The quantitative estimate of drug-likeness (QED) is 0.145. The fraction of sp³-hybridized carbons (Fsp3) is 0.258. The standard InChI is InChI=1S/C31H28ClNO6S.2Na/c32-23-8-6-20-7-9-24(33-27(20)15-23)18-38-25-10-11-28-26(16-25)30(40-12-2-5-29(34)35)22(17-39-28)14-19-3-1-4-21(13-19)31(36)37;;/h1,3-4,6-11,13,15-16,22,30H,2,5,12,14,17-18H2,(H,34,35)(H,36,37);;/q;2*+1/p-2. The van der Waals surface area contributed by atoms with Crippen molar-refractivity contribution >= 4 is 46.2 Å². The Labute approximate surface area is 297 Å². The van der Waals surface area contributed by atoms with Crippen molar-refractivity contribution in [2.24, 2.45) is 5.92 Å². The van der Waals surface area contributed by atoms with Gasteiger partial charge in [0.2, 0.25) is 0 Å². The van der Waals surface area contributed by atoms with Gasteiger partial charge in [0.25, 0.3) is 0 Å². The minimum atomic E-state index is -1.22. The zero-order valence-electron chi connectivity index (χ0n) is 23.5. The summed E-state index contributed by atoms with van der Waals surface area (Å²) in [6.45, 7) is 0.718. The van der Waals surface area contributed by atoms with Gasteiger partial charge in [-0.1, -0.05) is 41.9 Å². The van der Waals surface area contributed by atoms with E-state index >= 15 is 0 Å². The molecule has 4 aromatic rings. The van der Waals surface area contributed by atoms with Crippen LogP contribution < -0.4 is 78.8 Å². The maximum absolute atomic E-state index is 11.4. The van der Waals surface area contributed by atoms with Crippen LogP contribution in [0.15, 0.2) is 72.8 Å². The summed E-state index contributed by atoms with van der Waals surface area (Å²) in [6.07, 6.45) is 1.07. The molecule has 2 unspecified atom stereocenters. The summed E-state index contributed by atoms with van der Waals surface area (Å²) in [7, 11) is 0. The normalized spacial score (nSPS) is 15.5. The molecule has 206 valence electrons. The molecule has 1 aromatic heterocycles. The average Bonchev–Trinajstić information content (AvgIpc) is 2.94. The van der Waals surface area contributed by atoms with Crippen LogP contribution in [0.4, 0.5) is 0 Å². The molecule has 0 saturated heterocycles. The first kappa shape index (κ1) is 34.7. The molecule has 3 aromatic carbocycles. The summed E-state index contributed by atoms with van der Waals surface area (Å²) < 4.78 is 12.2. The van der Waals surface area contributed by atoms with Crippen LogP contribution in [0, 0.1) is 5.92 Å². The molecule has 11 heteroatoms. The molecule has 1 aliphatic heterocycles. The first-order valence-corrected chi connectivity index (χ1v) is 14.3. The Morgan fingerprint density at radius 2 is 1.83 bits per heavy atom. The van der Waals surface area contributed by atoms with Gasteiger partial charge < -0.3 is 29.3 Å². The van der Waals surface area contributed by atoms with Gasteiger partial charge in [-0.15, -0.1) is 0 Å². The molecular formula is C31H26ClNNa2O6S. The molecule has 42 heavy (non-hydrogen) atoms. The van der Waals surface area contributed by atoms with E-state index < -0.39 is 11.9 Å². The number of fused-ring (bicyclic) bond motifs is 2. The number of halogens is 1. The van der Waals surface area contributed by atoms with E-state index in [4.69, 9.17) is 21.1 Å². The number of hydrogen-bond acceptors (Lipinski definition) is 8. The summed E-state index contributed by atoms with van der Waals surface area (Å²) in [5.74, 6) is -0.213. The maximum Gasteiger partial charge on any atom is 1.00 e. The molecule has 0 amide bonds. The van der Waals surface area contributed by atoms with Crippen LogP contribution in [0.5, 0.6) is 11.5 Å². The van der Waals surface area contributed by atoms with Gasteiger partial charge in [0.1, 0.15) is 18.1 Å². The first-order valence-electron chi connectivity index (χ1n) is 12.9. The number of aromatic carboxylic acids is 1. The van der Waals surface area contributed by atoms with Gasteiger partial charge >= 0.3 is 59.1 Å². The van der Waals surface area contributed by atoms with Gasteiger partial charge in [0, 0.05) is 33.1 Å². The maximum atomic E-state index is 11.4.